The van der Waals surface area contributed by atoms with Crippen LogP contribution in [0, 0.1) is 0 Å². The summed E-state index contributed by atoms with van der Waals surface area (Å²) < 4.78 is 40.8. The highest BCUT2D eigenvalue weighted by atomic mass is 19.4. The van der Waals surface area contributed by atoms with Crippen molar-refractivity contribution in [1.82, 2.24) is 0 Å². The Morgan fingerprint density at radius 3 is 1.92 bits per heavy atom. The summed E-state index contributed by atoms with van der Waals surface area (Å²) in [6.45, 7) is 6.12. The van der Waals surface area contributed by atoms with Crippen LogP contribution in [-0.2, 0) is 4.74 Å². The molecular weight excluding hydrogens is 169 g/mol. The van der Waals surface area contributed by atoms with Crippen molar-refractivity contribution in [2.75, 3.05) is 0 Å². The Balaban J connectivity index is 4.09. The summed E-state index contributed by atoms with van der Waals surface area (Å²) in [5.74, 6) is 0. The van der Waals surface area contributed by atoms with Crippen molar-refractivity contribution in [3.8, 4) is 0 Å². The second-order valence-corrected chi connectivity index (χ2v) is 3.41. The summed E-state index contributed by atoms with van der Waals surface area (Å²) in [5.41, 5.74) is -0.699. The zero-order chi connectivity index (χ0) is 9.99. The van der Waals surface area contributed by atoms with E-state index in [4.69, 9.17) is 4.74 Å². The molecule has 0 aliphatic heterocycles. The van der Waals surface area contributed by atoms with Crippen LogP contribution < -0.4 is 0 Å². The van der Waals surface area contributed by atoms with E-state index in [0.717, 1.165) is 6.92 Å². The van der Waals surface area contributed by atoms with E-state index in [1.165, 1.54) is 0 Å². The van der Waals surface area contributed by atoms with Crippen LogP contribution in [0.25, 0.3) is 0 Å². The molecule has 0 heterocycles. The van der Waals surface area contributed by atoms with Crippen LogP contribution in [0.1, 0.15) is 34.1 Å². The first-order valence-corrected chi connectivity index (χ1v) is 3.93. The zero-order valence-electron chi connectivity index (χ0n) is 7.83. The maximum atomic E-state index is 12.0. The van der Waals surface area contributed by atoms with Gasteiger partial charge in [-0.05, 0) is 27.2 Å². The average Bonchev–Trinajstić information content (AvgIpc) is 1.85. The molecule has 1 unspecified atom stereocenters. The number of ether oxygens (including phenoxy) is 1. The molecule has 0 N–H and O–H groups in total. The maximum absolute atomic E-state index is 12.0. The Labute approximate surface area is 70.9 Å². The normalized spacial score (nSPS) is 16.2. The van der Waals surface area contributed by atoms with Crippen LogP contribution >= 0.6 is 0 Å². The van der Waals surface area contributed by atoms with Gasteiger partial charge in [0.15, 0.2) is 6.10 Å². The monoisotopic (exact) mass is 184 g/mol. The van der Waals surface area contributed by atoms with Crippen molar-refractivity contribution in [3.63, 3.8) is 0 Å². The molecule has 0 saturated heterocycles. The van der Waals surface area contributed by atoms with Gasteiger partial charge in [0, 0.05) is 0 Å². The first-order valence-electron chi connectivity index (χ1n) is 3.93. The van der Waals surface area contributed by atoms with Crippen LogP contribution in [0.3, 0.4) is 0 Å². The van der Waals surface area contributed by atoms with Crippen molar-refractivity contribution < 1.29 is 17.9 Å². The van der Waals surface area contributed by atoms with Gasteiger partial charge in [0.1, 0.15) is 0 Å². The Morgan fingerprint density at radius 1 is 1.25 bits per heavy atom. The molecule has 0 aromatic carbocycles. The van der Waals surface area contributed by atoms with Gasteiger partial charge in [0.25, 0.3) is 0 Å². The van der Waals surface area contributed by atoms with Crippen LogP contribution in [0.4, 0.5) is 13.2 Å². The first-order chi connectivity index (χ1) is 5.19. The molecule has 0 aliphatic carbocycles. The molecule has 4 heteroatoms. The van der Waals surface area contributed by atoms with Gasteiger partial charge in [0.05, 0.1) is 5.60 Å². The van der Waals surface area contributed by atoms with Gasteiger partial charge in [0.2, 0.25) is 0 Å². The minimum atomic E-state index is -4.26. The summed E-state index contributed by atoms with van der Waals surface area (Å²) in [5, 5.41) is 0. The number of alkyl halides is 3. The van der Waals surface area contributed by atoms with E-state index in [-0.39, 0.29) is 0 Å². The summed E-state index contributed by atoms with van der Waals surface area (Å²) >= 11 is 0. The largest absolute Gasteiger partial charge is 0.414 e. The van der Waals surface area contributed by atoms with Crippen molar-refractivity contribution in [2.45, 2.75) is 52.0 Å². The van der Waals surface area contributed by atoms with Crippen molar-refractivity contribution in [1.29, 1.82) is 0 Å². The van der Waals surface area contributed by atoms with E-state index in [1.807, 2.05) is 0 Å². The maximum Gasteiger partial charge on any atom is 0.414 e. The first kappa shape index (κ1) is 11.8. The molecule has 0 bridgehead atoms. The van der Waals surface area contributed by atoms with Crippen molar-refractivity contribution in [3.05, 3.63) is 0 Å². The number of rotatable bonds is 3. The van der Waals surface area contributed by atoms with E-state index >= 15 is 0 Å². The molecule has 0 rings (SSSR count). The predicted molar refractivity (Wildman–Crippen MR) is 41.0 cm³/mol. The summed E-state index contributed by atoms with van der Waals surface area (Å²) in [7, 11) is 0. The van der Waals surface area contributed by atoms with E-state index in [2.05, 4.69) is 0 Å². The highest BCUT2D eigenvalue weighted by molar-refractivity contribution is 4.71. The van der Waals surface area contributed by atoms with E-state index in [0.29, 0.717) is 6.42 Å². The number of hydrogen-bond donors (Lipinski definition) is 0. The van der Waals surface area contributed by atoms with Gasteiger partial charge in [-0.1, -0.05) is 6.92 Å². The number of hydrogen-bond acceptors (Lipinski definition) is 1. The Kier molecular flexibility index (Phi) is 3.57. The molecule has 1 nitrogen and oxygen atoms in total. The minimum absolute atomic E-state index is 0.563. The summed E-state index contributed by atoms with van der Waals surface area (Å²) in [6.07, 6.45) is -5.38. The highest BCUT2D eigenvalue weighted by Gasteiger charge is 2.39. The van der Waals surface area contributed by atoms with Gasteiger partial charge < -0.3 is 4.74 Å². The van der Waals surface area contributed by atoms with Gasteiger partial charge in [-0.25, -0.2) is 0 Å². The number of halogens is 3. The van der Waals surface area contributed by atoms with Crippen LogP contribution in [0.5, 0.6) is 0 Å². The molecule has 0 aromatic rings. The van der Waals surface area contributed by atoms with Gasteiger partial charge in [-0.3, -0.25) is 0 Å². The lowest BCUT2D eigenvalue weighted by atomic mass is 10.1. The fourth-order valence-electron chi connectivity index (χ4n) is 0.629. The third kappa shape index (κ3) is 3.95. The molecule has 0 amide bonds. The topological polar surface area (TPSA) is 9.23 Å². The molecule has 0 aromatic heterocycles. The third-order valence-corrected chi connectivity index (χ3v) is 1.81. The molecule has 12 heavy (non-hydrogen) atoms. The average molecular weight is 184 g/mol. The van der Waals surface area contributed by atoms with Gasteiger partial charge in [-0.15, -0.1) is 0 Å². The van der Waals surface area contributed by atoms with Crippen molar-refractivity contribution >= 4 is 0 Å². The van der Waals surface area contributed by atoms with Crippen LogP contribution in [0.15, 0.2) is 0 Å². The second-order valence-electron chi connectivity index (χ2n) is 3.41. The molecule has 0 radical (unpaired) electrons. The smallest absolute Gasteiger partial charge is 0.363 e. The fraction of sp³-hybridized carbons (Fsp3) is 1.00. The van der Waals surface area contributed by atoms with Gasteiger partial charge in [-0.2, -0.15) is 13.2 Å². The van der Waals surface area contributed by atoms with Gasteiger partial charge >= 0.3 is 6.18 Å². The molecule has 74 valence electrons. The SMILES string of the molecule is CCC(C)(C)OC(C)C(F)(F)F. The standard InChI is InChI=1S/C8H15F3O/c1-5-7(3,4)12-6(2)8(9,10)11/h6H,5H2,1-4H3. The molecule has 0 aliphatic rings. The summed E-state index contributed by atoms with van der Waals surface area (Å²) in [4.78, 5) is 0. The Hall–Kier alpha value is -0.250. The Bertz CT molecular complexity index is 140. The highest BCUT2D eigenvalue weighted by Crippen LogP contribution is 2.27. The minimum Gasteiger partial charge on any atom is -0.363 e. The van der Waals surface area contributed by atoms with E-state index in [9.17, 15) is 13.2 Å². The van der Waals surface area contributed by atoms with Crippen LogP contribution in [-0.4, -0.2) is 17.9 Å². The molecular formula is C8H15F3O. The lowest BCUT2D eigenvalue weighted by Crippen LogP contribution is -2.37. The molecule has 0 fully saturated rings. The molecule has 0 saturated carbocycles. The quantitative estimate of drug-likeness (QED) is 0.654. The van der Waals surface area contributed by atoms with E-state index < -0.39 is 17.9 Å². The van der Waals surface area contributed by atoms with Crippen molar-refractivity contribution in [2.24, 2.45) is 0 Å². The van der Waals surface area contributed by atoms with E-state index in [1.54, 1.807) is 20.8 Å². The molecule has 0 spiro atoms. The summed E-state index contributed by atoms with van der Waals surface area (Å²) in [6, 6.07) is 0. The second kappa shape index (κ2) is 3.64. The Morgan fingerprint density at radius 2 is 1.67 bits per heavy atom. The third-order valence-electron chi connectivity index (χ3n) is 1.81. The predicted octanol–water partition coefficient (Wildman–Crippen LogP) is 3.14. The van der Waals surface area contributed by atoms with Crippen LogP contribution in [0.2, 0.25) is 0 Å². The molecule has 1 atom stereocenters. The lowest BCUT2D eigenvalue weighted by molar-refractivity contribution is -0.242. The fourth-order valence-corrected chi connectivity index (χ4v) is 0.629. The zero-order valence-corrected chi connectivity index (χ0v) is 7.83. The lowest BCUT2D eigenvalue weighted by Gasteiger charge is -2.29.